The van der Waals surface area contributed by atoms with Crippen LogP contribution in [0.25, 0.3) is 33.9 Å². The smallest absolute Gasteiger partial charge is 0.270 e. The van der Waals surface area contributed by atoms with Gasteiger partial charge in [-0.2, -0.15) is 5.26 Å². The molecule has 0 saturated carbocycles. The molecular weight excluding hydrogens is 443 g/mol. The predicted octanol–water partition coefficient (Wildman–Crippen LogP) is 5.46. The molecule has 0 fully saturated rings. The van der Waals surface area contributed by atoms with Gasteiger partial charge in [0.1, 0.15) is 17.6 Å². The number of nitrogens with zero attached hydrogens (tertiary/aromatic N) is 3. The van der Waals surface area contributed by atoms with Gasteiger partial charge in [0, 0.05) is 28.8 Å². The van der Waals surface area contributed by atoms with E-state index in [-0.39, 0.29) is 22.1 Å². The van der Waals surface area contributed by atoms with Crippen LogP contribution in [0, 0.1) is 21.4 Å². The van der Waals surface area contributed by atoms with E-state index in [4.69, 9.17) is 27.6 Å². The number of nitro benzene ring substituents is 1. The molecule has 4 aromatic rings. The number of nitrogens with one attached hydrogen (secondary N) is 1. The van der Waals surface area contributed by atoms with E-state index in [2.05, 4.69) is 9.97 Å². The molecule has 2 aromatic carbocycles. The topological polar surface area (TPSA) is 126 Å². The molecule has 4 rings (SSSR count). The summed E-state index contributed by atoms with van der Waals surface area (Å²) in [5.74, 6) is 0.742. The Morgan fingerprint density at radius 3 is 2.71 bits per heavy atom. The highest BCUT2D eigenvalue weighted by atomic mass is 35.5. The highest BCUT2D eigenvalue weighted by Crippen LogP contribution is 2.33. The fourth-order valence-corrected chi connectivity index (χ4v) is 3.37. The average molecular weight is 453 g/mol. The third kappa shape index (κ3) is 4.05. The van der Waals surface area contributed by atoms with Gasteiger partial charge in [0.15, 0.2) is 5.82 Å². The first kappa shape index (κ1) is 20.3. The van der Waals surface area contributed by atoms with E-state index < -0.39 is 10.5 Å². The van der Waals surface area contributed by atoms with Gasteiger partial charge in [0.2, 0.25) is 0 Å². The first-order valence-corrected chi connectivity index (χ1v) is 9.47. The summed E-state index contributed by atoms with van der Waals surface area (Å²) in [5.41, 5.74) is 0.354. The van der Waals surface area contributed by atoms with Crippen molar-refractivity contribution in [2.45, 2.75) is 0 Å². The van der Waals surface area contributed by atoms with Gasteiger partial charge in [-0.15, -0.1) is 0 Å². The number of fused-ring (bicyclic) bond motifs is 1. The lowest BCUT2D eigenvalue weighted by Crippen LogP contribution is -2.11. The monoisotopic (exact) mass is 452 g/mol. The molecule has 0 unspecified atom stereocenters. The van der Waals surface area contributed by atoms with E-state index in [1.54, 1.807) is 24.3 Å². The van der Waals surface area contributed by atoms with Gasteiger partial charge in [-0.05, 0) is 36.4 Å². The van der Waals surface area contributed by atoms with Crippen molar-refractivity contribution in [3.05, 3.63) is 90.6 Å². The van der Waals surface area contributed by atoms with Crippen LogP contribution >= 0.6 is 23.2 Å². The number of aromatic amines is 1. The van der Waals surface area contributed by atoms with E-state index in [1.165, 1.54) is 30.3 Å². The molecule has 2 aromatic heterocycles. The van der Waals surface area contributed by atoms with Crippen LogP contribution in [0.3, 0.4) is 0 Å². The first-order valence-electron chi connectivity index (χ1n) is 8.71. The second kappa shape index (κ2) is 8.07. The number of hydrogen-bond acceptors (Lipinski definition) is 6. The SMILES string of the molecule is N#CC(=Cc1ccc(-c2ccc([N+](=O)[O-])cc2Cl)o1)c1nc2ccc(Cl)cc2c(=O)[nH]1. The van der Waals surface area contributed by atoms with Crippen LogP contribution in [0.4, 0.5) is 5.69 Å². The number of H-pyrrole nitrogens is 1. The second-order valence-electron chi connectivity index (χ2n) is 6.37. The zero-order valence-corrected chi connectivity index (χ0v) is 16.9. The highest BCUT2D eigenvalue weighted by Gasteiger charge is 2.14. The van der Waals surface area contributed by atoms with Crippen molar-refractivity contribution >= 4 is 51.4 Å². The second-order valence-corrected chi connectivity index (χ2v) is 7.21. The molecule has 0 aliphatic rings. The van der Waals surface area contributed by atoms with E-state index >= 15 is 0 Å². The van der Waals surface area contributed by atoms with Crippen molar-refractivity contribution < 1.29 is 9.34 Å². The van der Waals surface area contributed by atoms with Crippen LogP contribution < -0.4 is 5.56 Å². The number of furan rings is 1. The largest absolute Gasteiger partial charge is 0.457 e. The fraction of sp³-hybridized carbons (Fsp3) is 0. The van der Waals surface area contributed by atoms with Crippen molar-refractivity contribution in [3.8, 4) is 17.4 Å². The van der Waals surface area contributed by atoms with Crippen molar-refractivity contribution in [1.82, 2.24) is 9.97 Å². The van der Waals surface area contributed by atoms with Crippen LogP contribution in [0.1, 0.15) is 11.6 Å². The zero-order chi connectivity index (χ0) is 22.1. The lowest BCUT2D eigenvalue weighted by atomic mass is 10.1. The molecular formula is C21H10Cl2N4O4. The van der Waals surface area contributed by atoms with Crippen molar-refractivity contribution in [3.63, 3.8) is 0 Å². The van der Waals surface area contributed by atoms with Crippen molar-refractivity contribution in [1.29, 1.82) is 5.26 Å². The lowest BCUT2D eigenvalue weighted by Gasteiger charge is -2.02. The van der Waals surface area contributed by atoms with Gasteiger partial charge in [-0.1, -0.05) is 23.2 Å². The Bertz CT molecular complexity index is 1480. The van der Waals surface area contributed by atoms with Gasteiger partial charge < -0.3 is 9.40 Å². The summed E-state index contributed by atoms with van der Waals surface area (Å²) in [6.45, 7) is 0. The summed E-state index contributed by atoms with van der Waals surface area (Å²) in [6.07, 6.45) is 1.42. The normalized spacial score (nSPS) is 11.5. The van der Waals surface area contributed by atoms with Crippen LogP contribution in [0.15, 0.2) is 57.7 Å². The molecule has 0 amide bonds. The van der Waals surface area contributed by atoms with Gasteiger partial charge in [0.05, 0.1) is 26.4 Å². The maximum absolute atomic E-state index is 12.3. The van der Waals surface area contributed by atoms with Crippen molar-refractivity contribution in [2.75, 3.05) is 0 Å². The van der Waals surface area contributed by atoms with Crippen LogP contribution in [-0.2, 0) is 0 Å². The maximum atomic E-state index is 12.3. The fourth-order valence-electron chi connectivity index (χ4n) is 2.93. The number of non-ortho nitro benzene ring substituents is 1. The number of benzene rings is 2. The Kier molecular flexibility index (Phi) is 5.29. The molecule has 0 atom stereocenters. The number of allylic oxidation sites excluding steroid dienone is 1. The molecule has 8 nitrogen and oxygen atoms in total. The standard InChI is InChI=1S/C21H10Cl2N4O4/c22-12-1-5-18-16(8-12)21(28)26-20(25-18)11(10-24)7-14-3-6-19(31-14)15-4-2-13(27(29)30)9-17(15)23/h1-9H,(H,25,26,28). The Morgan fingerprint density at radius 2 is 2.00 bits per heavy atom. The Labute approximate surface area is 184 Å². The highest BCUT2D eigenvalue weighted by molar-refractivity contribution is 6.33. The van der Waals surface area contributed by atoms with Crippen LogP contribution in [0.5, 0.6) is 0 Å². The third-order valence-electron chi connectivity index (χ3n) is 4.39. The van der Waals surface area contributed by atoms with Gasteiger partial charge in [0.25, 0.3) is 11.2 Å². The molecule has 1 N–H and O–H groups in total. The summed E-state index contributed by atoms with van der Waals surface area (Å²) >= 11 is 12.1. The van der Waals surface area contributed by atoms with Crippen LogP contribution in [-0.4, -0.2) is 14.9 Å². The minimum atomic E-state index is -0.545. The minimum absolute atomic E-state index is 0.0737. The van der Waals surface area contributed by atoms with Gasteiger partial charge in [-0.25, -0.2) is 4.98 Å². The third-order valence-corrected chi connectivity index (χ3v) is 4.93. The van der Waals surface area contributed by atoms with Gasteiger partial charge >= 0.3 is 0 Å². The Hall–Kier alpha value is -3.93. The predicted molar refractivity (Wildman–Crippen MR) is 117 cm³/mol. The van der Waals surface area contributed by atoms with E-state index in [0.29, 0.717) is 33.0 Å². The average Bonchev–Trinajstić information content (AvgIpc) is 3.20. The summed E-state index contributed by atoms with van der Waals surface area (Å²) in [5, 5.41) is 21.3. The van der Waals surface area contributed by atoms with E-state index in [9.17, 15) is 20.2 Å². The molecule has 0 radical (unpaired) electrons. The number of hydrogen-bond donors (Lipinski definition) is 1. The quantitative estimate of drug-likeness (QED) is 0.248. The van der Waals surface area contributed by atoms with Crippen LogP contribution in [0.2, 0.25) is 10.0 Å². The number of nitro groups is 1. The number of halogens is 2. The summed E-state index contributed by atoms with van der Waals surface area (Å²) in [4.78, 5) is 29.6. The molecule has 31 heavy (non-hydrogen) atoms. The summed E-state index contributed by atoms with van der Waals surface area (Å²) in [7, 11) is 0. The lowest BCUT2D eigenvalue weighted by molar-refractivity contribution is -0.384. The van der Waals surface area contributed by atoms with E-state index in [1.807, 2.05) is 6.07 Å². The first-order chi connectivity index (χ1) is 14.9. The zero-order valence-electron chi connectivity index (χ0n) is 15.4. The number of rotatable bonds is 4. The molecule has 0 bridgehead atoms. The molecule has 0 saturated heterocycles. The van der Waals surface area contributed by atoms with Crippen molar-refractivity contribution in [2.24, 2.45) is 0 Å². The summed E-state index contributed by atoms with van der Waals surface area (Å²) < 4.78 is 5.72. The molecule has 10 heteroatoms. The Morgan fingerprint density at radius 1 is 1.19 bits per heavy atom. The molecule has 0 aliphatic carbocycles. The van der Waals surface area contributed by atoms with E-state index in [0.717, 1.165) is 0 Å². The Balaban J connectivity index is 1.72. The molecule has 152 valence electrons. The summed E-state index contributed by atoms with van der Waals surface area (Å²) in [6, 6.07) is 13.9. The molecule has 0 aliphatic heterocycles. The maximum Gasteiger partial charge on any atom is 0.270 e. The molecule has 2 heterocycles. The van der Waals surface area contributed by atoms with Gasteiger partial charge in [-0.3, -0.25) is 14.9 Å². The number of aromatic nitrogens is 2. The number of nitriles is 1. The minimum Gasteiger partial charge on any atom is -0.457 e. The molecule has 0 spiro atoms.